The van der Waals surface area contributed by atoms with Crippen molar-refractivity contribution >= 4 is 10.2 Å². The van der Waals surface area contributed by atoms with Crippen LogP contribution in [0.25, 0.3) is 0 Å². The highest BCUT2D eigenvalue weighted by atomic mass is 32.2. The van der Waals surface area contributed by atoms with E-state index in [1.165, 1.54) is 4.31 Å². The zero-order valence-electron chi connectivity index (χ0n) is 12.0. The third-order valence-corrected chi connectivity index (χ3v) is 5.34. The Morgan fingerprint density at radius 3 is 2.70 bits per heavy atom. The smallest absolute Gasteiger partial charge is 0.279 e. The third-order valence-electron chi connectivity index (χ3n) is 3.79. The number of aryl methyl sites for hydroxylation is 1. The second kappa shape index (κ2) is 6.66. The monoisotopic (exact) mass is 301 g/mol. The maximum absolute atomic E-state index is 12.2. The lowest BCUT2D eigenvalue weighted by atomic mass is 9.98. The molecule has 20 heavy (non-hydrogen) atoms. The van der Waals surface area contributed by atoms with E-state index in [-0.39, 0.29) is 6.54 Å². The molecule has 1 aromatic rings. The van der Waals surface area contributed by atoms with Gasteiger partial charge >= 0.3 is 0 Å². The second-order valence-corrected chi connectivity index (χ2v) is 7.00. The van der Waals surface area contributed by atoms with Crippen molar-refractivity contribution in [3.63, 3.8) is 0 Å². The predicted molar refractivity (Wildman–Crippen MR) is 77.3 cm³/mol. The van der Waals surface area contributed by atoms with Crippen molar-refractivity contribution in [3.05, 3.63) is 17.5 Å². The third kappa shape index (κ3) is 3.78. The molecule has 114 valence electrons. The van der Waals surface area contributed by atoms with Crippen LogP contribution in [0.1, 0.15) is 24.1 Å². The molecule has 0 bridgehead atoms. The Morgan fingerprint density at radius 1 is 1.45 bits per heavy atom. The van der Waals surface area contributed by atoms with E-state index in [4.69, 9.17) is 0 Å². The standard InChI is InChI=1S/C12H23N5O2S/c1-10-12(8-14-16-10)9-15-20(18,19)17-5-3-11(4-6-17)7-13-2/h8,11,13,15H,3-7,9H2,1-2H3,(H,14,16). The Hall–Kier alpha value is -0.960. The molecule has 1 aromatic heterocycles. The molecule has 0 radical (unpaired) electrons. The summed E-state index contributed by atoms with van der Waals surface area (Å²) in [6, 6.07) is 0. The summed E-state index contributed by atoms with van der Waals surface area (Å²) in [4.78, 5) is 0. The van der Waals surface area contributed by atoms with Gasteiger partial charge in [0.1, 0.15) is 0 Å². The van der Waals surface area contributed by atoms with E-state index in [0.717, 1.165) is 30.6 Å². The Labute approximate surface area is 120 Å². The summed E-state index contributed by atoms with van der Waals surface area (Å²) in [5, 5.41) is 9.83. The average molecular weight is 301 g/mol. The van der Waals surface area contributed by atoms with Crippen molar-refractivity contribution in [1.29, 1.82) is 0 Å². The molecule has 2 heterocycles. The molecule has 1 saturated heterocycles. The number of H-pyrrole nitrogens is 1. The zero-order valence-corrected chi connectivity index (χ0v) is 12.8. The summed E-state index contributed by atoms with van der Waals surface area (Å²) in [6.07, 6.45) is 3.47. The minimum atomic E-state index is -3.39. The van der Waals surface area contributed by atoms with Gasteiger partial charge in [-0.1, -0.05) is 0 Å². The molecule has 0 aromatic carbocycles. The first kappa shape index (κ1) is 15.4. The molecule has 0 spiro atoms. The van der Waals surface area contributed by atoms with Gasteiger partial charge in [0, 0.05) is 30.9 Å². The molecule has 0 amide bonds. The van der Waals surface area contributed by atoms with Gasteiger partial charge in [0.15, 0.2) is 0 Å². The number of hydrogen-bond donors (Lipinski definition) is 3. The first-order valence-electron chi connectivity index (χ1n) is 6.91. The molecule has 0 unspecified atom stereocenters. The van der Waals surface area contributed by atoms with Crippen molar-refractivity contribution < 1.29 is 8.42 Å². The fourth-order valence-corrected chi connectivity index (χ4v) is 3.67. The predicted octanol–water partition coefficient (Wildman–Crippen LogP) is -0.0161. The van der Waals surface area contributed by atoms with E-state index in [1.807, 2.05) is 14.0 Å². The second-order valence-electron chi connectivity index (χ2n) is 5.25. The molecule has 8 heteroatoms. The van der Waals surface area contributed by atoms with Gasteiger partial charge in [-0.3, -0.25) is 5.10 Å². The van der Waals surface area contributed by atoms with Gasteiger partial charge < -0.3 is 5.32 Å². The van der Waals surface area contributed by atoms with Crippen molar-refractivity contribution in [1.82, 2.24) is 24.5 Å². The molecule has 1 fully saturated rings. The van der Waals surface area contributed by atoms with Crippen molar-refractivity contribution in [3.8, 4) is 0 Å². The van der Waals surface area contributed by atoms with Gasteiger partial charge in [-0.15, -0.1) is 0 Å². The van der Waals surface area contributed by atoms with Crippen molar-refractivity contribution in [2.24, 2.45) is 5.92 Å². The van der Waals surface area contributed by atoms with E-state index in [0.29, 0.717) is 19.0 Å². The minimum absolute atomic E-state index is 0.279. The van der Waals surface area contributed by atoms with Gasteiger partial charge in [0.25, 0.3) is 10.2 Å². The Morgan fingerprint density at radius 2 is 2.15 bits per heavy atom. The van der Waals surface area contributed by atoms with E-state index < -0.39 is 10.2 Å². The number of hydrogen-bond acceptors (Lipinski definition) is 4. The van der Waals surface area contributed by atoms with Crippen LogP contribution in [0.5, 0.6) is 0 Å². The highest BCUT2D eigenvalue weighted by molar-refractivity contribution is 7.87. The number of rotatable bonds is 6. The van der Waals surface area contributed by atoms with Crippen LogP contribution in [0.15, 0.2) is 6.20 Å². The summed E-state index contributed by atoms with van der Waals surface area (Å²) in [5.74, 6) is 0.572. The van der Waals surface area contributed by atoms with Crippen LogP contribution < -0.4 is 10.0 Å². The number of piperidine rings is 1. The first-order valence-corrected chi connectivity index (χ1v) is 8.35. The van der Waals surface area contributed by atoms with Gasteiger partial charge in [-0.05, 0) is 39.3 Å². The molecular weight excluding hydrogens is 278 g/mol. The highest BCUT2D eigenvalue weighted by Gasteiger charge is 2.27. The molecule has 7 nitrogen and oxygen atoms in total. The SMILES string of the molecule is CNCC1CCN(S(=O)(=O)NCc2cn[nH]c2C)CC1. The number of nitrogens with one attached hydrogen (secondary N) is 3. The van der Waals surface area contributed by atoms with Gasteiger partial charge in [-0.2, -0.15) is 22.5 Å². The normalized spacial score (nSPS) is 18.5. The summed E-state index contributed by atoms with van der Waals surface area (Å²) >= 11 is 0. The highest BCUT2D eigenvalue weighted by Crippen LogP contribution is 2.18. The lowest BCUT2D eigenvalue weighted by Crippen LogP contribution is -2.45. The van der Waals surface area contributed by atoms with Crippen LogP contribution in [0.4, 0.5) is 0 Å². The van der Waals surface area contributed by atoms with Crippen LogP contribution in [0.2, 0.25) is 0 Å². The van der Waals surface area contributed by atoms with Crippen molar-refractivity contribution in [2.75, 3.05) is 26.7 Å². The summed E-state index contributed by atoms with van der Waals surface area (Å²) in [5.41, 5.74) is 1.76. The molecule has 1 aliphatic heterocycles. The van der Waals surface area contributed by atoms with E-state index in [2.05, 4.69) is 20.2 Å². The molecule has 1 aliphatic rings. The summed E-state index contributed by atoms with van der Waals surface area (Å²) in [6.45, 7) is 4.29. The Bertz CT molecular complexity index is 520. The zero-order chi connectivity index (χ0) is 14.6. The lowest BCUT2D eigenvalue weighted by molar-refractivity contribution is 0.268. The van der Waals surface area contributed by atoms with Gasteiger partial charge in [0.2, 0.25) is 0 Å². The summed E-state index contributed by atoms with van der Waals surface area (Å²) < 4.78 is 28.6. The summed E-state index contributed by atoms with van der Waals surface area (Å²) in [7, 11) is -1.46. The molecule has 2 rings (SSSR count). The first-order chi connectivity index (χ1) is 9.53. The van der Waals surface area contributed by atoms with E-state index in [1.54, 1.807) is 6.20 Å². The van der Waals surface area contributed by atoms with E-state index in [9.17, 15) is 8.42 Å². The number of nitrogens with zero attached hydrogens (tertiary/aromatic N) is 2. The Kier molecular flexibility index (Phi) is 5.14. The van der Waals surface area contributed by atoms with Crippen LogP contribution in [0.3, 0.4) is 0 Å². The molecule has 3 N–H and O–H groups in total. The molecule has 0 aliphatic carbocycles. The minimum Gasteiger partial charge on any atom is -0.319 e. The van der Waals surface area contributed by atoms with Gasteiger partial charge in [0.05, 0.1) is 6.20 Å². The number of aromatic nitrogens is 2. The average Bonchev–Trinajstić information content (AvgIpc) is 2.83. The maximum Gasteiger partial charge on any atom is 0.279 e. The fourth-order valence-electron chi connectivity index (χ4n) is 2.46. The van der Waals surface area contributed by atoms with E-state index >= 15 is 0 Å². The van der Waals surface area contributed by atoms with Crippen LogP contribution in [-0.2, 0) is 16.8 Å². The topological polar surface area (TPSA) is 90.1 Å². The Balaban J connectivity index is 1.87. The largest absolute Gasteiger partial charge is 0.319 e. The molecule has 0 atom stereocenters. The van der Waals surface area contributed by atoms with Crippen LogP contribution >= 0.6 is 0 Å². The van der Waals surface area contributed by atoms with Crippen LogP contribution in [0, 0.1) is 12.8 Å². The van der Waals surface area contributed by atoms with Crippen molar-refractivity contribution in [2.45, 2.75) is 26.3 Å². The van der Waals surface area contributed by atoms with Gasteiger partial charge in [-0.25, -0.2) is 0 Å². The number of aromatic amines is 1. The molecular formula is C12H23N5O2S. The molecule has 0 saturated carbocycles. The fraction of sp³-hybridized carbons (Fsp3) is 0.750. The lowest BCUT2D eigenvalue weighted by Gasteiger charge is -2.31. The van der Waals surface area contributed by atoms with Crippen LogP contribution in [-0.4, -0.2) is 49.6 Å². The maximum atomic E-state index is 12.2. The quantitative estimate of drug-likeness (QED) is 0.689.